The molecule has 144 valence electrons. The number of oxazole rings is 1. The minimum absolute atomic E-state index is 0. The number of amides is 1. The minimum Gasteiger partial charge on any atom is -0.441 e. The zero-order valence-corrected chi connectivity index (χ0v) is 17.6. The molecule has 1 amide bonds. The summed E-state index contributed by atoms with van der Waals surface area (Å²) in [5.41, 5.74) is 0.963. The number of benzene rings is 1. The van der Waals surface area contributed by atoms with Gasteiger partial charge in [-0.15, -0.1) is 24.8 Å². The van der Waals surface area contributed by atoms with Gasteiger partial charge in [0.2, 0.25) is 5.91 Å². The second-order valence-corrected chi connectivity index (χ2v) is 6.97. The van der Waals surface area contributed by atoms with E-state index >= 15 is 0 Å². The Bertz CT molecular complexity index is 691. The highest BCUT2D eigenvalue weighted by atomic mass is 79.9. The normalized spacial score (nSPS) is 16.3. The van der Waals surface area contributed by atoms with E-state index in [0.717, 1.165) is 29.7 Å². The number of hydrogen-bond acceptors (Lipinski definition) is 4. The molecule has 1 saturated heterocycles. The molecule has 1 fully saturated rings. The summed E-state index contributed by atoms with van der Waals surface area (Å²) in [6.45, 7) is 2.84. The number of aryl methyl sites for hydroxylation is 1. The molecule has 2 N–H and O–H groups in total. The van der Waals surface area contributed by atoms with Crippen molar-refractivity contribution in [3.63, 3.8) is 0 Å². The number of halogens is 3. The number of carbonyl (C=O) groups excluding carboxylic acids is 1. The summed E-state index contributed by atoms with van der Waals surface area (Å²) in [5, 5.41) is 6.37. The summed E-state index contributed by atoms with van der Waals surface area (Å²) in [6.07, 6.45) is 4.99. The van der Waals surface area contributed by atoms with Gasteiger partial charge in [0.15, 0.2) is 11.7 Å². The van der Waals surface area contributed by atoms with Crippen LogP contribution in [0, 0.1) is 5.92 Å². The number of rotatable bonds is 6. The lowest BCUT2D eigenvalue weighted by atomic mass is 10.00. The summed E-state index contributed by atoms with van der Waals surface area (Å²) in [4.78, 5) is 16.3. The van der Waals surface area contributed by atoms with Crippen molar-refractivity contribution in [3.8, 4) is 11.3 Å². The highest BCUT2D eigenvalue weighted by Crippen LogP contribution is 2.28. The van der Waals surface area contributed by atoms with Gasteiger partial charge < -0.3 is 15.1 Å². The van der Waals surface area contributed by atoms with Crippen molar-refractivity contribution in [1.82, 2.24) is 15.6 Å². The van der Waals surface area contributed by atoms with Crippen LogP contribution in [-0.4, -0.2) is 30.5 Å². The van der Waals surface area contributed by atoms with Crippen molar-refractivity contribution in [2.75, 3.05) is 19.6 Å². The van der Waals surface area contributed by atoms with Gasteiger partial charge in [-0.3, -0.25) is 4.79 Å². The molecule has 1 unspecified atom stereocenters. The Labute approximate surface area is 174 Å². The van der Waals surface area contributed by atoms with Gasteiger partial charge in [-0.25, -0.2) is 4.98 Å². The Kier molecular flexibility index (Phi) is 10.2. The van der Waals surface area contributed by atoms with Gasteiger partial charge in [-0.1, -0.05) is 34.1 Å². The molecule has 1 aliphatic rings. The topological polar surface area (TPSA) is 67.2 Å². The Hall–Kier alpha value is -1.08. The zero-order chi connectivity index (χ0) is 16.8. The molecule has 0 bridgehead atoms. The number of aromatic nitrogens is 1. The molecule has 0 saturated carbocycles. The van der Waals surface area contributed by atoms with Crippen LogP contribution in [0.3, 0.4) is 0 Å². The maximum atomic E-state index is 12.0. The standard InChI is InChI=1S/C18H22BrN3O2.2ClH/c19-15-6-2-1-5-14(15)16-12-22-18(24-16)8-7-17(23)21-11-13-4-3-9-20-10-13;;/h1-2,5-6,12-13,20H,3-4,7-11H2,(H,21,23);2*1H. The summed E-state index contributed by atoms with van der Waals surface area (Å²) >= 11 is 3.51. The van der Waals surface area contributed by atoms with Crippen molar-refractivity contribution in [1.29, 1.82) is 0 Å². The first-order valence-corrected chi connectivity index (χ1v) is 9.18. The van der Waals surface area contributed by atoms with Crippen LogP contribution in [0.1, 0.15) is 25.2 Å². The molecule has 2 aromatic rings. The van der Waals surface area contributed by atoms with Gasteiger partial charge in [0.1, 0.15) is 0 Å². The molecular weight excluding hydrogens is 441 g/mol. The van der Waals surface area contributed by atoms with Crippen molar-refractivity contribution in [3.05, 3.63) is 40.8 Å². The van der Waals surface area contributed by atoms with E-state index in [-0.39, 0.29) is 30.7 Å². The van der Waals surface area contributed by atoms with Gasteiger partial charge in [-0.2, -0.15) is 0 Å². The fourth-order valence-corrected chi connectivity index (χ4v) is 3.36. The number of piperidine rings is 1. The van der Waals surface area contributed by atoms with E-state index in [1.54, 1.807) is 6.20 Å². The molecular formula is C18H24BrCl2N3O2. The summed E-state index contributed by atoms with van der Waals surface area (Å²) in [5.74, 6) is 1.91. The lowest BCUT2D eigenvalue weighted by Gasteiger charge is -2.22. The molecule has 1 aromatic heterocycles. The van der Waals surface area contributed by atoms with E-state index in [0.29, 0.717) is 30.4 Å². The Balaban J connectivity index is 0.00000169. The average molecular weight is 465 g/mol. The van der Waals surface area contributed by atoms with Crippen molar-refractivity contribution in [2.45, 2.75) is 25.7 Å². The van der Waals surface area contributed by atoms with Crippen molar-refractivity contribution >= 4 is 46.7 Å². The summed E-state index contributed by atoms with van der Waals surface area (Å²) in [7, 11) is 0. The van der Waals surface area contributed by atoms with E-state index < -0.39 is 0 Å². The number of carbonyl (C=O) groups is 1. The lowest BCUT2D eigenvalue weighted by Crippen LogP contribution is -2.38. The predicted molar refractivity (Wildman–Crippen MR) is 111 cm³/mol. The lowest BCUT2D eigenvalue weighted by molar-refractivity contribution is -0.121. The van der Waals surface area contributed by atoms with E-state index in [2.05, 4.69) is 31.5 Å². The maximum Gasteiger partial charge on any atom is 0.220 e. The van der Waals surface area contributed by atoms with Crippen LogP contribution in [0.2, 0.25) is 0 Å². The van der Waals surface area contributed by atoms with Crippen LogP contribution in [0.5, 0.6) is 0 Å². The first-order valence-electron chi connectivity index (χ1n) is 8.39. The average Bonchev–Trinajstić information content (AvgIpc) is 3.08. The van der Waals surface area contributed by atoms with Crippen molar-refractivity contribution < 1.29 is 9.21 Å². The van der Waals surface area contributed by atoms with E-state index in [1.165, 1.54) is 12.8 Å². The Morgan fingerprint density at radius 1 is 1.35 bits per heavy atom. The molecule has 0 spiro atoms. The Morgan fingerprint density at radius 3 is 2.88 bits per heavy atom. The third kappa shape index (κ3) is 6.58. The van der Waals surface area contributed by atoms with E-state index in [1.807, 2.05) is 24.3 Å². The van der Waals surface area contributed by atoms with Crippen molar-refractivity contribution in [2.24, 2.45) is 5.92 Å². The van der Waals surface area contributed by atoms with Crippen LogP contribution in [0.15, 0.2) is 39.4 Å². The van der Waals surface area contributed by atoms with Gasteiger partial charge in [-0.05, 0) is 37.9 Å². The molecule has 2 heterocycles. The first-order chi connectivity index (χ1) is 11.7. The van der Waals surface area contributed by atoms with Crippen LogP contribution >= 0.6 is 40.7 Å². The van der Waals surface area contributed by atoms with Crippen LogP contribution in [-0.2, 0) is 11.2 Å². The first kappa shape index (κ1) is 23.0. The quantitative estimate of drug-likeness (QED) is 0.677. The zero-order valence-electron chi connectivity index (χ0n) is 14.4. The van der Waals surface area contributed by atoms with Gasteiger partial charge in [0.25, 0.3) is 0 Å². The molecule has 1 aliphatic heterocycles. The molecule has 0 radical (unpaired) electrons. The van der Waals surface area contributed by atoms with Gasteiger partial charge >= 0.3 is 0 Å². The van der Waals surface area contributed by atoms with Gasteiger partial charge in [0, 0.05) is 29.4 Å². The summed E-state index contributed by atoms with van der Waals surface area (Å²) < 4.78 is 6.73. The van der Waals surface area contributed by atoms with Crippen LogP contribution in [0.4, 0.5) is 0 Å². The Morgan fingerprint density at radius 2 is 2.15 bits per heavy atom. The number of nitrogens with one attached hydrogen (secondary N) is 2. The summed E-state index contributed by atoms with van der Waals surface area (Å²) in [6, 6.07) is 7.84. The van der Waals surface area contributed by atoms with Crippen LogP contribution < -0.4 is 10.6 Å². The molecule has 1 aromatic carbocycles. The van der Waals surface area contributed by atoms with Gasteiger partial charge in [0.05, 0.1) is 6.20 Å². The fourth-order valence-electron chi connectivity index (χ4n) is 2.88. The number of nitrogens with zero attached hydrogens (tertiary/aromatic N) is 1. The second-order valence-electron chi connectivity index (χ2n) is 6.11. The molecule has 8 heteroatoms. The molecule has 1 atom stereocenters. The molecule has 3 rings (SSSR count). The molecule has 26 heavy (non-hydrogen) atoms. The van der Waals surface area contributed by atoms with E-state index in [9.17, 15) is 4.79 Å². The minimum atomic E-state index is 0. The van der Waals surface area contributed by atoms with Crippen LogP contribution in [0.25, 0.3) is 11.3 Å². The third-order valence-corrected chi connectivity index (χ3v) is 4.94. The molecule has 0 aliphatic carbocycles. The fraction of sp³-hybridized carbons (Fsp3) is 0.444. The third-order valence-electron chi connectivity index (χ3n) is 4.25. The monoisotopic (exact) mass is 463 g/mol. The van der Waals surface area contributed by atoms with E-state index in [4.69, 9.17) is 4.42 Å². The maximum absolute atomic E-state index is 12.0. The number of hydrogen-bond donors (Lipinski definition) is 2. The second kappa shape index (κ2) is 11.6. The smallest absolute Gasteiger partial charge is 0.220 e. The largest absolute Gasteiger partial charge is 0.441 e. The SMILES string of the molecule is Cl.Cl.O=C(CCc1ncc(-c2ccccc2Br)o1)NCC1CCCNC1. The predicted octanol–water partition coefficient (Wildman–Crippen LogP) is 4.00. The highest BCUT2D eigenvalue weighted by Gasteiger charge is 2.15. The highest BCUT2D eigenvalue weighted by molar-refractivity contribution is 9.10. The molecule has 5 nitrogen and oxygen atoms in total.